The number of hydrogen-bond donors (Lipinski definition) is 3. The number of carbonyl (C=O) groups is 1. The topological polar surface area (TPSA) is 123 Å². The maximum Gasteiger partial charge on any atom is 0.412 e. The van der Waals surface area contributed by atoms with Crippen molar-refractivity contribution >= 4 is 11.9 Å². The molecular formula is C14H20FN3O6. The monoisotopic (exact) mass is 345 g/mol. The Hall–Kier alpha value is -2.04. The van der Waals surface area contributed by atoms with Gasteiger partial charge in [0, 0.05) is 0 Å². The lowest BCUT2D eigenvalue weighted by molar-refractivity contribution is -0.0355. The maximum atomic E-state index is 14.1. The first-order valence-corrected chi connectivity index (χ1v) is 7.59. The Morgan fingerprint density at radius 1 is 1.50 bits per heavy atom. The van der Waals surface area contributed by atoms with Crippen LogP contribution < -0.4 is 11.0 Å². The average Bonchev–Trinajstić information content (AvgIpc) is 2.78. The summed E-state index contributed by atoms with van der Waals surface area (Å²) in [7, 11) is 0. The molecule has 0 spiro atoms. The molecule has 2 rings (SSSR count). The predicted octanol–water partition coefficient (Wildman–Crippen LogP) is 0.370. The summed E-state index contributed by atoms with van der Waals surface area (Å²) in [6.45, 7) is 3.59. The molecule has 134 valence electrons. The van der Waals surface area contributed by atoms with Gasteiger partial charge in [-0.05, 0) is 13.3 Å². The molecule has 0 radical (unpaired) electrons. The Morgan fingerprint density at radius 2 is 2.21 bits per heavy atom. The van der Waals surface area contributed by atoms with Gasteiger partial charge in [-0.2, -0.15) is 4.98 Å². The number of nitrogens with zero attached hydrogens (tertiary/aromatic N) is 2. The van der Waals surface area contributed by atoms with Gasteiger partial charge in [0.25, 0.3) is 0 Å². The summed E-state index contributed by atoms with van der Waals surface area (Å²) >= 11 is 0. The van der Waals surface area contributed by atoms with Crippen molar-refractivity contribution in [2.24, 2.45) is 0 Å². The van der Waals surface area contributed by atoms with Gasteiger partial charge < -0.3 is 19.7 Å². The summed E-state index contributed by atoms with van der Waals surface area (Å²) in [6.07, 6.45) is -3.32. The molecule has 1 fully saturated rings. The number of nitrogens with one attached hydrogen (secondary N) is 1. The molecule has 0 unspecified atom stereocenters. The molecule has 4 atom stereocenters. The molecule has 0 aromatic carbocycles. The molecule has 1 aromatic heterocycles. The van der Waals surface area contributed by atoms with Gasteiger partial charge in [-0.15, -0.1) is 0 Å². The van der Waals surface area contributed by atoms with E-state index in [-0.39, 0.29) is 6.61 Å². The number of carbonyl (C=O) groups excluding carboxylic acids is 1. The van der Waals surface area contributed by atoms with Crippen molar-refractivity contribution in [2.75, 3.05) is 11.9 Å². The molecule has 0 bridgehead atoms. The van der Waals surface area contributed by atoms with E-state index in [2.05, 4.69) is 4.98 Å². The quantitative estimate of drug-likeness (QED) is 0.659. The molecule has 0 aliphatic carbocycles. The summed E-state index contributed by atoms with van der Waals surface area (Å²) in [4.78, 5) is 26.9. The first-order chi connectivity index (χ1) is 11.3. The zero-order chi connectivity index (χ0) is 17.9. The van der Waals surface area contributed by atoms with Crippen LogP contribution in [0, 0.1) is 5.82 Å². The number of rotatable bonds is 5. The van der Waals surface area contributed by atoms with E-state index in [0.29, 0.717) is 6.42 Å². The fraction of sp³-hybridized carbons (Fsp3) is 0.643. The lowest BCUT2D eigenvalue weighted by atomic mass is 10.1. The van der Waals surface area contributed by atoms with Crippen molar-refractivity contribution in [1.82, 2.24) is 9.55 Å². The Morgan fingerprint density at radius 3 is 2.79 bits per heavy atom. The first-order valence-electron chi connectivity index (χ1n) is 7.59. The Kier molecular flexibility index (Phi) is 5.86. The fourth-order valence-corrected chi connectivity index (χ4v) is 2.21. The highest BCUT2D eigenvalue weighted by molar-refractivity contribution is 5.83. The van der Waals surface area contributed by atoms with Crippen LogP contribution in [0.15, 0.2) is 11.0 Å². The van der Waals surface area contributed by atoms with E-state index in [1.165, 1.54) is 6.92 Å². The zero-order valence-electron chi connectivity index (χ0n) is 13.3. The Balaban J connectivity index is 2.14. The molecule has 1 aliphatic heterocycles. The molecule has 1 aliphatic rings. The number of hydrogen-bond acceptors (Lipinski definition) is 7. The first kappa shape index (κ1) is 18.3. The normalized spacial score (nSPS) is 26.4. The standard InChI is InChI=1S/C14H20FN3O6/c1-3-4-5-23-14(22)17-11-8(15)6-18(13(21)16-11)12-10(20)9(19)7(2)24-12/h6-7,9-10,12,19-20H,3-5H2,1-2H3,(H,16,17,21,22)/t7-,9-,10-,12-/m0/s1. The van der Waals surface area contributed by atoms with Crippen LogP contribution in [0.25, 0.3) is 0 Å². The van der Waals surface area contributed by atoms with E-state index in [1.54, 1.807) is 0 Å². The van der Waals surface area contributed by atoms with E-state index in [9.17, 15) is 24.2 Å². The van der Waals surface area contributed by atoms with E-state index >= 15 is 0 Å². The van der Waals surface area contributed by atoms with E-state index < -0.39 is 48.0 Å². The van der Waals surface area contributed by atoms with Crippen molar-refractivity contribution in [2.45, 2.75) is 51.2 Å². The number of aromatic nitrogens is 2. The van der Waals surface area contributed by atoms with E-state index in [4.69, 9.17) is 9.47 Å². The minimum atomic E-state index is -1.41. The summed E-state index contributed by atoms with van der Waals surface area (Å²) in [5, 5.41) is 21.6. The molecule has 3 N–H and O–H groups in total. The summed E-state index contributed by atoms with van der Waals surface area (Å²) < 4.78 is 24.8. The number of anilines is 1. The van der Waals surface area contributed by atoms with Gasteiger partial charge in [-0.25, -0.2) is 14.0 Å². The van der Waals surface area contributed by atoms with Crippen molar-refractivity contribution < 1.29 is 28.9 Å². The molecule has 1 aromatic rings. The van der Waals surface area contributed by atoms with Crippen LogP contribution in [0.4, 0.5) is 15.0 Å². The molecule has 9 nitrogen and oxygen atoms in total. The largest absolute Gasteiger partial charge is 0.449 e. The minimum Gasteiger partial charge on any atom is -0.449 e. The number of amides is 1. The van der Waals surface area contributed by atoms with Gasteiger partial charge >= 0.3 is 11.8 Å². The molecule has 24 heavy (non-hydrogen) atoms. The number of unbranched alkanes of at least 4 members (excludes halogenated alkanes) is 1. The van der Waals surface area contributed by atoms with Gasteiger partial charge in [0.1, 0.15) is 12.2 Å². The van der Waals surface area contributed by atoms with Crippen molar-refractivity contribution in [3.05, 3.63) is 22.5 Å². The molecule has 1 saturated heterocycles. The van der Waals surface area contributed by atoms with Crippen LogP contribution >= 0.6 is 0 Å². The lowest BCUT2D eigenvalue weighted by Crippen LogP contribution is -2.36. The second-order valence-corrected chi connectivity index (χ2v) is 5.45. The van der Waals surface area contributed by atoms with Gasteiger partial charge in [-0.3, -0.25) is 9.88 Å². The minimum absolute atomic E-state index is 0.166. The zero-order valence-corrected chi connectivity index (χ0v) is 13.3. The summed E-state index contributed by atoms with van der Waals surface area (Å²) in [5.41, 5.74) is -0.953. The van der Waals surface area contributed by atoms with Gasteiger partial charge in [0.2, 0.25) is 0 Å². The third-order valence-electron chi connectivity index (χ3n) is 3.61. The molecule has 0 saturated carbocycles. The number of aliphatic hydroxyl groups excluding tert-OH is 2. The molecule has 2 heterocycles. The average molecular weight is 345 g/mol. The SMILES string of the molecule is CCCCOC(=O)Nc1nc(=O)n([C@H]2O[C@@H](C)[C@H](O)[C@@H]2O)cc1F. The van der Waals surface area contributed by atoms with Crippen molar-refractivity contribution in [1.29, 1.82) is 0 Å². The second kappa shape index (κ2) is 7.69. The lowest BCUT2D eigenvalue weighted by Gasteiger charge is -2.17. The van der Waals surface area contributed by atoms with Crippen molar-refractivity contribution in [3.8, 4) is 0 Å². The number of halogens is 1. The van der Waals surface area contributed by atoms with Gasteiger partial charge in [0.15, 0.2) is 17.9 Å². The van der Waals surface area contributed by atoms with E-state index in [0.717, 1.165) is 17.2 Å². The highest BCUT2D eigenvalue weighted by atomic mass is 19.1. The number of aliphatic hydroxyl groups is 2. The predicted molar refractivity (Wildman–Crippen MR) is 79.9 cm³/mol. The highest BCUT2D eigenvalue weighted by Crippen LogP contribution is 2.28. The molecule has 10 heteroatoms. The smallest absolute Gasteiger partial charge is 0.412 e. The summed E-state index contributed by atoms with van der Waals surface area (Å²) in [6, 6.07) is 0. The van der Waals surface area contributed by atoms with Crippen LogP contribution in [0.2, 0.25) is 0 Å². The molecule has 1 amide bonds. The van der Waals surface area contributed by atoms with Gasteiger partial charge in [-0.1, -0.05) is 13.3 Å². The van der Waals surface area contributed by atoms with Crippen LogP contribution in [0.5, 0.6) is 0 Å². The summed E-state index contributed by atoms with van der Waals surface area (Å²) in [5.74, 6) is -1.59. The van der Waals surface area contributed by atoms with Crippen LogP contribution in [-0.4, -0.2) is 50.8 Å². The van der Waals surface area contributed by atoms with E-state index in [1.807, 2.05) is 12.2 Å². The van der Waals surface area contributed by atoms with Crippen LogP contribution in [0.1, 0.15) is 32.9 Å². The van der Waals surface area contributed by atoms with Crippen LogP contribution in [-0.2, 0) is 9.47 Å². The van der Waals surface area contributed by atoms with Crippen molar-refractivity contribution in [3.63, 3.8) is 0 Å². The second-order valence-electron chi connectivity index (χ2n) is 5.45. The third-order valence-corrected chi connectivity index (χ3v) is 3.61. The highest BCUT2D eigenvalue weighted by Gasteiger charge is 2.42. The van der Waals surface area contributed by atoms with Gasteiger partial charge in [0.05, 0.1) is 18.9 Å². The third kappa shape index (κ3) is 3.89. The van der Waals surface area contributed by atoms with Crippen LogP contribution in [0.3, 0.4) is 0 Å². The maximum absolute atomic E-state index is 14.1. The Bertz CT molecular complexity index is 652. The Labute approximate surface area is 137 Å². The number of ether oxygens (including phenoxy) is 2. The molecular weight excluding hydrogens is 325 g/mol. The fourth-order valence-electron chi connectivity index (χ4n) is 2.21.